The van der Waals surface area contributed by atoms with Gasteiger partial charge in [0.25, 0.3) is 5.56 Å². The Morgan fingerprint density at radius 2 is 1.93 bits per heavy atom. The zero-order valence-corrected chi connectivity index (χ0v) is 16.6. The second-order valence-corrected chi connectivity index (χ2v) is 6.97. The molecule has 7 heteroatoms. The Labute approximate surface area is 164 Å². The van der Waals surface area contributed by atoms with Crippen LogP contribution in [0.1, 0.15) is 19.4 Å². The van der Waals surface area contributed by atoms with Crippen molar-refractivity contribution in [2.45, 2.75) is 20.4 Å². The number of aromatic nitrogens is 1. The van der Waals surface area contributed by atoms with E-state index in [9.17, 15) is 9.90 Å². The molecule has 0 aliphatic carbocycles. The fraction of sp³-hybridized carbons (Fsp3) is 0.429. The third-order valence-electron chi connectivity index (χ3n) is 5.06. The van der Waals surface area contributed by atoms with E-state index in [1.165, 1.54) is 0 Å². The van der Waals surface area contributed by atoms with Crippen LogP contribution in [0.15, 0.2) is 34.8 Å². The summed E-state index contributed by atoms with van der Waals surface area (Å²) in [7, 11) is 1.55. The number of pyridine rings is 1. The molecule has 0 radical (unpaired) electrons. The molecule has 3 rings (SSSR count). The van der Waals surface area contributed by atoms with Crippen LogP contribution < -0.4 is 10.3 Å². The Hall–Kier alpha value is -2.64. The SMILES string of the molecule is COc1cc2c(ccc(=O)n2CCN2CCOCC2)cc1/C(C(C)=N)=C(\C)O. The Bertz CT molecular complexity index is 968. The van der Waals surface area contributed by atoms with Crippen LogP contribution in [0.25, 0.3) is 16.5 Å². The largest absolute Gasteiger partial charge is 0.512 e. The Morgan fingerprint density at radius 1 is 1.21 bits per heavy atom. The van der Waals surface area contributed by atoms with Gasteiger partial charge >= 0.3 is 0 Å². The molecule has 1 aromatic carbocycles. The monoisotopic (exact) mass is 385 g/mol. The van der Waals surface area contributed by atoms with E-state index in [1.54, 1.807) is 37.7 Å². The van der Waals surface area contributed by atoms with Crippen molar-refractivity contribution in [2.75, 3.05) is 40.0 Å². The molecule has 0 bridgehead atoms. The molecule has 1 fully saturated rings. The highest BCUT2D eigenvalue weighted by Gasteiger charge is 2.17. The topological polar surface area (TPSA) is 87.8 Å². The smallest absolute Gasteiger partial charge is 0.251 e. The first-order chi connectivity index (χ1) is 13.4. The minimum atomic E-state index is -0.0621. The van der Waals surface area contributed by atoms with Crippen molar-refractivity contribution in [3.63, 3.8) is 0 Å². The van der Waals surface area contributed by atoms with Crippen molar-refractivity contribution >= 4 is 22.2 Å². The van der Waals surface area contributed by atoms with E-state index in [2.05, 4.69) is 4.90 Å². The predicted molar refractivity (Wildman–Crippen MR) is 111 cm³/mol. The third kappa shape index (κ3) is 4.10. The summed E-state index contributed by atoms with van der Waals surface area (Å²) in [5, 5.41) is 18.9. The first-order valence-corrected chi connectivity index (χ1v) is 9.39. The number of nitrogens with one attached hydrogen (secondary N) is 1. The van der Waals surface area contributed by atoms with Crippen molar-refractivity contribution in [1.82, 2.24) is 9.47 Å². The highest BCUT2D eigenvalue weighted by Crippen LogP contribution is 2.32. The van der Waals surface area contributed by atoms with Crippen molar-refractivity contribution in [2.24, 2.45) is 0 Å². The molecule has 0 saturated carbocycles. The van der Waals surface area contributed by atoms with E-state index >= 15 is 0 Å². The summed E-state index contributed by atoms with van der Waals surface area (Å²) in [6.07, 6.45) is 0. The summed E-state index contributed by atoms with van der Waals surface area (Å²) in [6.45, 7) is 7.71. The minimum absolute atomic E-state index is 0.0609. The van der Waals surface area contributed by atoms with Gasteiger partial charge in [0.05, 0.1) is 31.6 Å². The maximum absolute atomic E-state index is 12.5. The average molecular weight is 385 g/mol. The van der Waals surface area contributed by atoms with E-state index in [1.807, 2.05) is 12.1 Å². The summed E-state index contributed by atoms with van der Waals surface area (Å²) >= 11 is 0. The van der Waals surface area contributed by atoms with Crippen molar-refractivity contribution in [1.29, 1.82) is 5.41 Å². The molecule has 1 aliphatic heterocycles. The summed E-state index contributed by atoms with van der Waals surface area (Å²) in [6, 6.07) is 7.02. The number of benzene rings is 1. The standard InChI is InChI=1S/C21H27N3O4/c1-14(22)21(15(2)25)17-12-16-4-5-20(26)24(18(16)13-19(17)27-3)7-6-23-8-10-28-11-9-23/h4-5,12-13,22,25H,6-11H2,1-3H3/b21-15+,22-14?. The molecular formula is C21H27N3O4. The third-order valence-corrected chi connectivity index (χ3v) is 5.06. The van der Waals surface area contributed by atoms with Gasteiger partial charge in [-0.15, -0.1) is 0 Å². The van der Waals surface area contributed by atoms with Gasteiger partial charge in [0.15, 0.2) is 0 Å². The minimum Gasteiger partial charge on any atom is -0.512 e. The molecule has 2 N–H and O–H groups in total. The summed E-state index contributed by atoms with van der Waals surface area (Å²) in [5.74, 6) is 0.582. The first kappa shape index (κ1) is 20.1. The molecule has 0 spiro atoms. The number of hydrogen-bond donors (Lipinski definition) is 2. The summed E-state index contributed by atoms with van der Waals surface area (Å²) in [5.41, 5.74) is 2.04. The summed E-state index contributed by atoms with van der Waals surface area (Å²) in [4.78, 5) is 14.8. The highest BCUT2D eigenvalue weighted by atomic mass is 16.5. The molecule has 0 unspecified atom stereocenters. The Morgan fingerprint density at radius 3 is 2.54 bits per heavy atom. The van der Waals surface area contributed by atoms with Crippen LogP contribution in [-0.4, -0.2) is 60.2 Å². The van der Waals surface area contributed by atoms with Crippen LogP contribution >= 0.6 is 0 Å². The molecule has 28 heavy (non-hydrogen) atoms. The lowest BCUT2D eigenvalue weighted by Gasteiger charge is -2.27. The Kier molecular flexibility index (Phi) is 6.16. The lowest BCUT2D eigenvalue weighted by atomic mass is 9.97. The number of ether oxygens (including phenoxy) is 2. The number of hydrogen-bond acceptors (Lipinski definition) is 6. The number of methoxy groups -OCH3 is 1. The molecule has 0 amide bonds. The second kappa shape index (κ2) is 8.58. The van der Waals surface area contributed by atoms with Gasteiger partial charge < -0.3 is 24.6 Å². The average Bonchev–Trinajstić information content (AvgIpc) is 2.67. The normalized spacial score (nSPS) is 16.1. The maximum Gasteiger partial charge on any atom is 0.251 e. The fourth-order valence-corrected chi connectivity index (χ4v) is 3.65. The molecule has 2 heterocycles. The number of fused-ring (bicyclic) bond motifs is 1. The van der Waals surface area contributed by atoms with Gasteiger partial charge in [0, 0.05) is 55.2 Å². The molecule has 0 atom stereocenters. The number of allylic oxidation sites excluding steroid dienone is 2. The number of rotatable bonds is 6. The zero-order valence-electron chi connectivity index (χ0n) is 16.6. The number of aliphatic hydroxyl groups excluding tert-OH is 1. The van der Waals surface area contributed by atoms with E-state index in [-0.39, 0.29) is 17.0 Å². The van der Waals surface area contributed by atoms with E-state index < -0.39 is 0 Å². The number of morpholine rings is 1. The van der Waals surface area contributed by atoms with Gasteiger partial charge in [0.1, 0.15) is 5.75 Å². The molecule has 150 valence electrons. The molecule has 2 aromatic rings. The van der Waals surface area contributed by atoms with Crippen molar-refractivity contribution < 1.29 is 14.6 Å². The van der Waals surface area contributed by atoms with Crippen LogP contribution in [0.4, 0.5) is 0 Å². The van der Waals surface area contributed by atoms with Gasteiger partial charge in [-0.2, -0.15) is 0 Å². The molecule has 7 nitrogen and oxygen atoms in total. The van der Waals surface area contributed by atoms with Crippen molar-refractivity contribution in [3.8, 4) is 5.75 Å². The van der Waals surface area contributed by atoms with Crippen LogP contribution in [0, 0.1) is 5.41 Å². The van der Waals surface area contributed by atoms with Gasteiger partial charge in [0.2, 0.25) is 0 Å². The quantitative estimate of drug-likeness (QED) is 0.590. The lowest BCUT2D eigenvalue weighted by Crippen LogP contribution is -2.39. The first-order valence-electron chi connectivity index (χ1n) is 9.39. The molecule has 1 aliphatic rings. The van der Waals surface area contributed by atoms with Crippen LogP contribution in [0.3, 0.4) is 0 Å². The second-order valence-electron chi connectivity index (χ2n) is 6.97. The van der Waals surface area contributed by atoms with Crippen LogP contribution in [0.5, 0.6) is 5.75 Å². The van der Waals surface area contributed by atoms with E-state index in [0.717, 1.165) is 43.8 Å². The fourth-order valence-electron chi connectivity index (χ4n) is 3.65. The molecule has 1 saturated heterocycles. The van der Waals surface area contributed by atoms with E-state index in [0.29, 0.717) is 23.4 Å². The number of nitrogens with zero attached hydrogens (tertiary/aromatic N) is 2. The van der Waals surface area contributed by atoms with E-state index in [4.69, 9.17) is 14.9 Å². The lowest BCUT2D eigenvalue weighted by molar-refractivity contribution is 0.0364. The highest BCUT2D eigenvalue weighted by molar-refractivity contribution is 6.22. The molecular weight excluding hydrogens is 358 g/mol. The van der Waals surface area contributed by atoms with Crippen LogP contribution in [0.2, 0.25) is 0 Å². The summed E-state index contributed by atoms with van der Waals surface area (Å²) < 4.78 is 12.7. The maximum atomic E-state index is 12.5. The van der Waals surface area contributed by atoms with Crippen molar-refractivity contribution in [3.05, 3.63) is 45.9 Å². The van der Waals surface area contributed by atoms with Gasteiger partial charge in [-0.25, -0.2) is 0 Å². The number of aliphatic hydroxyl groups is 1. The van der Waals surface area contributed by atoms with Crippen LogP contribution in [-0.2, 0) is 11.3 Å². The molecule has 1 aromatic heterocycles. The zero-order chi connectivity index (χ0) is 20.3. The van der Waals surface area contributed by atoms with Gasteiger partial charge in [-0.1, -0.05) is 0 Å². The Balaban J connectivity index is 2.06. The van der Waals surface area contributed by atoms with Gasteiger partial charge in [-0.05, 0) is 31.4 Å². The predicted octanol–water partition coefficient (Wildman–Crippen LogP) is 2.67. The van der Waals surface area contributed by atoms with Gasteiger partial charge in [-0.3, -0.25) is 9.69 Å².